The molecule has 1 aromatic rings. The first kappa shape index (κ1) is 18.9. The number of allylic oxidation sites excluding steroid dienone is 3. The fourth-order valence-electron chi connectivity index (χ4n) is 3.02. The van der Waals surface area contributed by atoms with Gasteiger partial charge in [0.05, 0.1) is 11.3 Å². The zero-order valence-corrected chi connectivity index (χ0v) is 14.8. The topological polar surface area (TPSA) is 53.5 Å². The van der Waals surface area contributed by atoms with Gasteiger partial charge in [0.2, 0.25) is 10.0 Å². The van der Waals surface area contributed by atoms with Crippen LogP contribution in [-0.2, 0) is 16.2 Å². The zero-order chi connectivity index (χ0) is 18.8. The highest BCUT2D eigenvalue weighted by Gasteiger charge is 2.37. The van der Waals surface area contributed by atoms with E-state index in [0.29, 0.717) is 5.57 Å². The molecule has 0 atom stereocenters. The van der Waals surface area contributed by atoms with Crippen molar-refractivity contribution in [3.8, 4) is 0 Å². The van der Waals surface area contributed by atoms with E-state index in [0.717, 1.165) is 12.5 Å². The lowest BCUT2D eigenvalue weighted by Gasteiger charge is -2.35. The van der Waals surface area contributed by atoms with Crippen LogP contribution in [-0.4, -0.2) is 49.6 Å². The van der Waals surface area contributed by atoms with E-state index in [9.17, 15) is 21.6 Å². The second-order valence-corrected chi connectivity index (χ2v) is 8.10. The molecule has 0 aromatic carbocycles. The molecule has 26 heavy (non-hydrogen) atoms. The quantitative estimate of drug-likeness (QED) is 0.798. The van der Waals surface area contributed by atoms with E-state index in [1.165, 1.54) is 21.5 Å². The molecule has 1 saturated heterocycles. The van der Waals surface area contributed by atoms with Crippen LogP contribution in [0.1, 0.15) is 12.0 Å². The van der Waals surface area contributed by atoms with Crippen molar-refractivity contribution in [2.45, 2.75) is 12.6 Å². The van der Waals surface area contributed by atoms with Gasteiger partial charge in [-0.2, -0.15) is 17.5 Å². The Kier molecular flexibility index (Phi) is 5.38. The predicted octanol–water partition coefficient (Wildman–Crippen LogP) is 2.64. The van der Waals surface area contributed by atoms with Crippen LogP contribution in [0.25, 0.3) is 0 Å². The molecule has 1 aliphatic heterocycles. The molecular weight excluding hydrogens is 367 g/mol. The van der Waals surface area contributed by atoms with Crippen LogP contribution in [0.4, 0.5) is 19.0 Å². The molecule has 5 nitrogen and oxygen atoms in total. The smallest absolute Gasteiger partial charge is 0.353 e. The minimum atomic E-state index is -4.50. The molecule has 0 N–H and O–H groups in total. The van der Waals surface area contributed by atoms with Gasteiger partial charge >= 0.3 is 6.18 Å². The second kappa shape index (κ2) is 7.40. The summed E-state index contributed by atoms with van der Waals surface area (Å²) in [5, 5.41) is 0. The fraction of sp³-hybridized carbons (Fsp3) is 0.412. The Bertz CT molecular complexity index is 811. The van der Waals surface area contributed by atoms with Gasteiger partial charge in [-0.3, -0.25) is 0 Å². The fourth-order valence-corrected chi connectivity index (χ4v) is 4.54. The van der Waals surface area contributed by atoms with Crippen LogP contribution in [0.15, 0.2) is 42.1 Å². The Morgan fingerprint density at radius 2 is 1.88 bits per heavy atom. The molecule has 1 radical (unpaired) electrons. The number of sulfonamides is 1. The van der Waals surface area contributed by atoms with Crippen molar-refractivity contribution in [1.29, 1.82) is 0 Å². The Hall–Kier alpha value is -1.87. The van der Waals surface area contributed by atoms with E-state index in [1.807, 2.05) is 12.5 Å². The second-order valence-electron chi connectivity index (χ2n) is 6.13. The van der Waals surface area contributed by atoms with Gasteiger partial charge < -0.3 is 4.90 Å². The molecule has 3 rings (SSSR count). The first-order valence-corrected chi connectivity index (χ1v) is 9.82. The standard InChI is InChI=1S/C17H19F3N3O2S/c18-17(19,20)15-7-4-8-21-16(15)22-9-11-23(12-10-22)26(24,25)13-14-5-2-1-3-6-14/h2-8H,1,9-13H2. The first-order valence-electron chi connectivity index (χ1n) is 8.21. The van der Waals surface area contributed by atoms with Crippen LogP contribution in [0.3, 0.4) is 0 Å². The number of alkyl halides is 3. The SMILES string of the molecule is O=S(=O)(CC1=C[CH]CC=C1)N1CCN(c2ncccc2C(F)(F)F)CC1. The lowest BCUT2D eigenvalue weighted by Crippen LogP contribution is -2.50. The van der Waals surface area contributed by atoms with Crippen molar-refractivity contribution in [1.82, 2.24) is 9.29 Å². The van der Waals surface area contributed by atoms with Gasteiger partial charge in [0.1, 0.15) is 5.82 Å². The summed E-state index contributed by atoms with van der Waals surface area (Å²) in [6.07, 6.45) is 4.96. The lowest BCUT2D eigenvalue weighted by atomic mass is 10.1. The Labute approximate surface area is 150 Å². The molecule has 1 aliphatic carbocycles. The molecule has 0 amide bonds. The normalized spacial score (nSPS) is 19.5. The van der Waals surface area contributed by atoms with Gasteiger partial charge in [0.15, 0.2) is 0 Å². The summed E-state index contributed by atoms with van der Waals surface area (Å²) in [5.41, 5.74) is -0.0906. The van der Waals surface area contributed by atoms with Gasteiger partial charge in [-0.15, -0.1) is 0 Å². The van der Waals surface area contributed by atoms with Crippen molar-refractivity contribution in [3.63, 3.8) is 0 Å². The van der Waals surface area contributed by atoms with Crippen molar-refractivity contribution in [2.24, 2.45) is 0 Å². The van der Waals surface area contributed by atoms with Crippen LogP contribution >= 0.6 is 0 Å². The zero-order valence-electron chi connectivity index (χ0n) is 14.0. The third kappa shape index (κ3) is 4.27. The van der Waals surface area contributed by atoms with Gasteiger partial charge in [-0.25, -0.2) is 13.4 Å². The third-order valence-corrected chi connectivity index (χ3v) is 6.16. The van der Waals surface area contributed by atoms with E-state index in [2.05, 4.69) is 4.98 Å². The summed E-state index contributed by atoms with van der Waals surface area (Å²) in [5.74, 6) is -0.248. The van der Waals surface area contributed by atoms with Gasteiger partial charge in [0, 0.05) is 32.4 Å². The Morgan fingerprint density at radius 1 is 1.15 bits per heavy atom. The number of piperazine rings is 1. The van der Waals surface area contributed by atoms with Crippen LogP contribution in [0.2, 0.25) is 0 Å². The Morgan fingerprint density at radius 3 is 2.50 bits per heavy atom. The summed E-state index contributed by atoms with van der Waals surface area (Å²) in [6.45, 7) is 0.606. The molecule has 0 saturated carbocycles. The molecule has 1 aromatic heterocycles. The predicted molar refractivity (Wildman–Crippen MR) is 93.0 cm³/mol. The van der Waals surface area contributed by atoms with E-state index >= 15 is 0 Å². The number of aromatic nitrogens is 1. The van der Waals surface area contributed by atoms with Crippen molar-refractivity contribution in [2.75, 3.05) is 36.8 Å². The molecule has 0 bridgehead atoms. The van der Waals surface area contributed by atoms with E-state index in [4.69, 9.17) is 0 Å². The minimum absolute atomic E-state index is 0.0998. The van der Waals surface area contributed by atoms with Crippen LogP contribution in [0, 0.1) is 6.42 Å². The molecule has 0 spiro atoms. The molecule has 0 unspecified atom stereocenters. The highest BCUT2D eigenvalue weighted by molar-refractivity contribution is 7.89. The van der Waals surface area contributed by atoms with Crippen molar-refractivity contribution in [3.05, 3.63) is 54.1 Å². The number of halogens is 3. The molecule has 2 heterocycles. The van der Waals surface area contributed by atoms with E-state index < -0.39 is 21.8 Å². The minimum Gasteiger partial charge on any atom is -0.353 e. The maximum Gasteiger partial charge on any atom is 0.419 e. The molecule has 1 fully saturated rings. The number of nitrogens with zero attached hydrogens (tertiary/aromatic N) is 3. The first-order chi connectivity index (χ1) is 12.3. The Balaban J connectivity index is 1.68. The maximum atomic E-state index is 13.1. The van der Waals surface area contributed by atoms with Crippen LogP contribution < -0.4 is 4.90 Å². The summed E-state index contributed by atoms with van der Waals surface area (Å²) in [6, 6.07) is 2.24. The molecule has 141 valence electrons. The van der Waals surface area contributed by atoms with Crippen LogP contribution in [0.5, 0.6) is 0 Å². The average molecular weight is 386 g/mol. The number of hydrogen-bond donors (Lipinski definition) is 0. The van der Waals surface area contributed by atoms with Crippen molar-refractivity contribution >= 4 is 15.8 Å². The third-order valence-electron chi connectivity index (χ3n) is 4.31. The number of hydrogen-bond acceptors (Lipinski definition) is 4. The number of anilines is 1. The number of rotatable bonds is 4. The van der Waals surface area contributed by atoms with E-state index in [-0.39, 0.29) is 37.7 Å². The largest absolute Gasteiger partial charge is 0.419 e. The molecule has 2 aliphatic rings. The summed E-state index contributed by atoms with van der Waals surface area (Å²) < 4.78 is 65.9. The summed E-state index contributed by atoms with van der Waals surface area (Å²) in [4.78, 5) is 5.35. The lowest BCUT2D eigenvalue weighted by molar-refractivity contribution is -0.137. The van der Waals surface area contributed by atoms with Crippen molar-refractivity contribution < 1.29 is 21.6 Å². The molecular formula is C17H19F3N3O2S. The van der Waals surface area contributed by atoms with Gasteiger partial charge in [-0.1, -0.05) is 18.2 Å². The average Bonchev–Trinajstić information content (AvgIpc) is 2.62. The maximum absolute atomic E-state index is 13.1. The highest BCUT2D eigenvalue weighted by atomic mass is 32.2. The van der Waals surface area contributed by atoms with Gasteiger partial charge in [-0.05, 0) is 30.5 Å². The number of pyridine rings is 1. The van der Waals surface area contributed by atoms with E-state index in [1.54, 1.807) is 12.2 Å². The summed E-state index contributed by atoms with van der Waals surface area (Å²) in [7, 11) is -3.50. The van der Waals surface area contributed by atoms with Gasteiger partial charge in [0.25, 0.3) is 0 Å². The monoisotopic (exact) mass is 386 g/mol. The summed E-state index contributed by atoms with van der Waals surface area (Å²) >= 11 is 0. The highest BCUT2D eigenvalue weighted by Crippen LogP contribution is 2.35. The molecule has 9 heteroatoms.